The number of nitrogens with two attached hydrogens (primary N) is 2. The van der Waals surface area contributed by atoms with Crippen molar-refractivity contribution in [2.45, 2.75) is 0 Å². The quantitative estimate of drug-likeness (QED) is 0.625. The fraction of sp³-hybridized carbons (Fsp3) is 0.167. The van der Waals surface area contributed by atoms with Gasteiger partial charge in [0.2, 0.25) is 0 Å². The molecule has 1 heterocycles. The second-order valence-corrected chi connectivity index (χ2v) is 5.91. The van der Waals surface area contributed by atoms with Gasteiger partial charge in [-0.15, -0.1) is 11.3 Å². The Morgan fingerprint density at radius 2 is 1.95 bits per heavy atom. The summed E-state index contributed by atoms with van der Waals surface area (Å²) in [5.74, 6) is -0.262. The predicted molar refractivity (Wildman–Crippen MR) is 83.9 cm³/mol. The normalized spacial score (nSPS) is 10.4. The summed E-state index contributed by atoms with van der Waals surface area (Å²) in [6, 6.07) is 5.06. The van der Waals surface area contributed by atoms with Crippen LogP contribution in [-0.2, 0) is 0 Å². The summed E-state index contributed by atoms with van der Waals surface area (Å²) in [5.41, 5.74) is 11.4. The first-order chi connectivity index (χ1) is 9.50. The minimum absolute atomic E-state index is 0.262. The molecule has 0 atom stereocenters. The zero-order valence-corrected chi connectivity index (χ0v) is 12.8. The van der Waals surface area contributed by atoms with Crippen LogP contribution in [0.25, 0.3) is 10.1 Å². The van der Waals surface area contributed by atoms with Crippen molar-refractivity contribution < 1.29 is 9.59 Å². The summed E-state index contributed by atoms with van der Waals surface area (Å²) in [5, 5.41) is 5.92. The van der Waals surface area contributed by atoms with E-state index in [0.29, 0.717) is 10.6 Å². The van der Waals surface area contributed by atoms with E-state index in [2.05, 4.69) is 26.6 Å². The van der Waals surface area contributed by atoms with Crippen molar-refractivity contribution in [1.82, 2.24) is 10.6 Å². The molecule has 2 rings (SSSR count). The van der Waals surface area contributed by atoms with E-state index < -0.39 is 6.03 Å². The van der Waals surface area contributed by atoms with Crippen molar-refractivity contribution >= 4 is 55.0 Å². The summed E-state index contributed by atoms with van der Waals surface area (Å²) in [4.78, 5) is 23.0. The average Bonchev–Trinajstić information content (AvgIpc) is 2.73. The van der Waals surface area contributed by atoms with Crippen molar-refractivity contribution in [2.75, 3.05) is 18.8 Å². The van der Waals surface area contributed by atoms with Gasteiger partial charge in [-0.05, 0) is 12.1 Å². The van der Waals surface area contributed by atoms with Crippen molar-refractivity contribution in [3.05, 3.63) is 27.5 Å². The largest absolute Gasteiger partial charge is 0.397 e. The van der Waals surface area contributed by atoms with Gasteiger partial charge in [-0.2, -0.15) is 0 Å². The minimum Gasteiger partial charge on any atom is -0.397 e. The molecule has 106 valence electrons. The van der Waals surface area contributed by atoms with Crippen LogP contribution in [0.2, 0.25) is 0 Å². The number of nitrogens with one attached hydrogen (secondary N) is 2. The van der Waals surface area contributed by atoms with E-state index in [0.717, 1.165) is 14.6 Å². The van der Waals surface area contributed by atoms with Gasteiger partial charge < -0.3 is 22.1 Å². The summed E-state index contributed by atoms with van der Waals surface area (Å²) < 4.78 is 1.80. The van der Waals surface area contributed by atoms with Crippen LogP contribution >= 0.6 is 27.3 Å². The maximum Gasteiger partial charge on any atom is 0.312 e. The van der Waals surface area contributed by atoms with Crippen molar-refractivity contribution in [2.24, 2.45) is 5.73 Å². The summed E-state index contributed by atoms with van der Waals surface area (Å²) in [7, 11) is 0. The third-order valence-electron chi connectivity index (χ3n) is 2.62. The second-order valence-electron chi connectivity index (χ2n) is 4.00. The third kappa shape index (κ3) is 3.02. The van der Waals surface area contributed by atoms with Gasteiger partial charge in [0.15, 0.2) is 0 Å². The van der Waals surface area contributed by atoms with E-state index in [1.165, 1.54) is 11.3 Å². The highest BCUT2D eigenvalue weighted by Crippen LogP contribution is 2.37. The Balaban J connectivity index is 2.13. The van der Waals surface area contributed by atoms with Crippen LogP contribution in [-0.4, -0.2) is 25.0 Å². The Labute approximate surface area is 127 Å². The molecule has 6 N–H and O–H groups in total. The first-order valence-corrected chi connectivity index (χ1v) is 7.39. The molecule has 8 heteroatoms. The van der Waals surface area contributed by atoms with Crippen LogP contribution < -0.4 is 22.1 Å². The Morgan fingerprint density at radius 3 is 2.60 bits per heavy atom. The number of hydrogen-bond acceptors (Lipinski definition) is 4. The van der Waals surface area contributed by atoms with E-state index in [1.807, 2.05) is 18.2 Å². The van der Waals surface area contributed by atoms with Crippen molar-refractivity contribution in [3.8, 4) is 0 Å². The highest BCUT2D eigenvalue weighted by atomic mass is 79.9. The molecule has 2 aromatic rings. The van der Waals surface area contributed by atoms with Gasteiger partial charge in [0.05, 0.1) is 5.69 Å². The number of urea groups is 1. The van der Waals surface area contributed by atoms with E-state index in [-0.39, 0.29) is 19.0 Å². The Kier molecular flexibility index (Phi) is 4.46. The van der Waals surface area contributed by atoms with Crippen LogP contribution in [0.4, 0.5) is 10.5 Å². The van der Waals surface area contributed by atoms with Crippen molar-refractivity contribution in [3.63, 3.8) is 0 Å². The van der Waals surface area contributed by atoms with Gasteiger partial charge in [-0.3, -0.25) is 4.79 Å². The monoisotopic (exact) mass is 356 g/mol. The number of nitrogen functional groups attached to an aromatic ring is 1. The van der Waals surface area contributed by atoms with Gasteiger partial charge in [0, 0.05) is 27.6 Å². The molecule has 0 spiro atoms. The molecule has 0 unspecified atom stereocenters. The van der Waals surface area contributed by atoms with Crippen molar-refractivity contribution in [1.29, 1.82) is 0 Å². The van der Waals surface area contributed by atoms with Crippen LogP contribution in [0.1, 0.15) is 9.67 Å². The van der Waals surface area contributed by atoms with Gasteiger partial charge in [-0.25, -0.2) is 4.79 Å². The molecule has 0 aliphatic carbocycles. The summed E-state index contributed by atoms with van der Waals surface area (Å²) >= 11 is 4.75. The number of halogens is 1. The predicted octanol–water partition coefficient (Wildman–Crippen LogP) is 1.64. The van der Waals surface area contributed by atoms with Gasteiger partial charge in [-0.1, -0.05) is 22.0 Å². The number of thiophene rings is 1. The molecule has 0 radical (unpaired) electrons. The minimum atomic E-state index is -0.621. The lowest BCUT2D eigenvalue weighted by Crippen LogP contribution is -2.37. The molecule has 0 fully saturated rings. The van der Waals surface area contributed by atoms with E-state index in [9.17, 15) is 9.59 Å². The van der Waals surface area contributed by atoms with Crippen LogP contribution in [0.15, 0.2) is 22.7 Å². The fourth-order valence-electron chi connectivity index (χ4n) is 1.74. The molecule has 0 aliphatic heterocycles. The molecule has 6 nitrogen and oxygen atoms in total. The molecule has 0 bridgehead atoms. The number of primary amides is 1. The van der Waals surface area contributed by atoms with Crippen LogP contribution in [0.5, 0.6) is 0 Å². The zero-order chi connectivity index (χ0) is 14.7. The lowest BCUT2D eigenvalue weighted by Gasteiger charge is -2.04. The second kappa shape index (κ2) is 6.10. The number of hydrogen-bond donors (Lipinski definition) is 4. The molecule has 1 aromatic carbocycles. The maximum atomic E-state index is 12.1. The molecule has 1 aromatic heterocycles. The first kappa shape index (κ1) is 14.6. The number of amides is 3. The number of carbonyl (C=O) groups is 2. The highest BCUT2D eigenvalue weighted by molar-refractivity contribution is 9.10. The third-order valence-corrected chi connectivity index (χ3v) is 4.45. The molecule has 0 saturated carbocycles. The number of rotatable bonds is 4. The van der Waals surface area contributed by atoms with E-state index in [1.54, 1.807) is 0 Å². The molecule has 0 aliphatic rings. The van der Waals surface area contributed by atoms with Gasteiger partial charge in [0.1, 0.15) is 4.88 Å². The standard InChI is InChI=1S/C12H13BrN4O2S/c13-6-2-1-3-7-8(6)9(14)10(20-7)11(18)16-4-5-17-12(15)19/h1-3H,4-5,14H2,(H,16,18)(H3,15,17,19). The average molecular weight is 357 g/mol. The molecule has 20 heavy (non-hydrogen) atoms. The Hall–Kier alpha value is -1.80. The lowest BCUT2D eigenvalue weighted by atomic mass is 10.2. The number of carbonyl (C=O) groups excluding carboxylic acids is 2. The van der Waals surface area contributed by atoms with Gasteiger partial charge >= 0.3 is 6.03 Å². The molecular weight excluding hydrogens is 344 g/mol. The zero-order valence-electron chi connectivity index (χ0n) is 10.4. The molecular formula is C12H13BrN4O2S. The molecule has 0 saturated heterocycles. The van der Waals surface area contributed by atoms with Crippen LogP contribution in [0, 0.1) is 0 Å². The Morgan fingerprint density at radius 1 is 1.25 bits per heavy atom. The number of benzene rings is 1. The topological polar surface area (TPSA) is 110 Å². The number of fused-ring (bicyclic) bond motifs is 1. The van der Waals surface area contributed by atoms with Gasteiger partial charge in [0.25, 0.3) is 5.91 Å². The maximum absolute atomic E-state index is 12.1. The van der Waals surface area contributed by atoms with Crippen LogP contribution in [0.3, 0.4) is 0 Å². The SMILES string of the molecule is NC(=O)NCCNC(=O)c1sc2cccc(Br)c2c1N. The first-order valence-electron chi connectivity index (χ1n) is 5.78. The Bertz CT molecular complexity index is 671. The lowest BCUT2D eigenvalue weighted by molar-refractivity contribution is 0.0959. The summed E-state index contributed by atoms with van der Waals surface area (Å²) in [6.45, 7) is 0.562. The highest BCUT2D eigenvalue weighted by Gasteiger charge is 2.17. The summed E-state index contributed by atoms with van der Waals surface area (Å²) in [6.07, 6.45) is 0. The van der Waals surface area contributed by atoms with E-state index in [4.69, 9.17) is 11.5 Å². The smallest absolute Gasteiger partial charge is 0.312 e. The number of anilines is 1. The molecule has 3 amide bonds. The fourth-order valence-corrected chi connectivity index (χ4v) is 3.52. The van der Waals surface area contributed by atoms with E-state index >= 15 is 0 Å².